The number of nitrogens with zero attached hydrogens (tertiary/aromatic N) is 4. The van der Waals surface area contributed by atoms with E-state index < -0.39 is 0 Å². The number of hydrogen-bond acceptors (Lipinski definition) is 5. The maximum Gasteiger partial charge on any atom is 0.230 e. The van der Waals surface area contributed by atoms with Gasteiger partial charge in [0, 0.05) is 30.1 Å². The van der Waals surface area contributed by atoms with Crippen molar-refractivity contribution >= 4 is 40.1 Å². The molecule has 0 atom stereocenters. The number of aromatic amines is 1. The molecule has 6 nitrogen and oxygen atoms in total. The molecule has 4 aromatic rings. The van der Waals surface area contributed by atoms with Crippen LogP contribution >= 0.6 is 11.6 Å². The van der Waals surface area contributed by atoms with Gasteiger partial charge < -0.3 is 10.2 Å². The lowest BCUT2D eigenvalue weighted by Gasteiger charge is -2.28. The number of benzene rings is 2. The zero-order valence-electron chi connectivity index (χ0n) is 17.5. The monoisotopic (exact) mass is 432 g/mol. The largest absolute Gasteiger partial charge is 0.356 e. The Morgan fingerprint density at radius 2 is 1.87 bits per heavy atom. The fourth-order valence-corrected chi connectivity index (χ4v) is 4.36. The highest BCUT2D eigenvalue weighted by Crippen LogP contribution is 2.32. The molecule has 31 heavy (non-hydrogen) atoms. The van der Waals surface area contributed by atoms with E-state index in [0.717, 1.165) is 47.5 Å². The van der Waals surface area contributed by atoms with Crippen molar-refractivity contribution in [2.24, 2.45) is 0 Å². The van der Waals surface area contributed by atoms with E-state index in [2.05, 4.69) is 39.5 Å². The summed E-state index contributed by atoms with van der Waals surface area (Å²) in [6.07, 6.45) is 4.57. The molecule has 3 heterocycles. The number of hydrogen-bond donors (Lipinski definition) is 2. The number of halogens is 1. The predicted octanol–water partition coefficient (Wildman–Crippen LogP) is 5.97. The molecule has 7 heteroatoms. The van der Waals surface area contributed by atoms with E-state index in [9.17, 15) is 0 Å². The summed E-state index contributed by atoms with van der Waals surface area (Å²) in [6.45, 7) is 4.13. The molecule has 0 saturated carbocycles. The summed E-state index contributed by atoms with van der Waals surface area (Å²) >= 11 is 6.64. The topological polar surface area (TPSA) is 69.7 Å². The first-order valence-corrected chi connectivity index (χ1v) is 11.2. The van der Waals surface area contributed by atoms with Crippen LogP contribution in [0.1, 0.15) is 31.7 Å². The Bertz CT molecular complexity index is 1210. The molecule has 0 aliphatic carbocycles. The molecule has 2 N–H and O–H groups in total. The zero-order chi connectivity index (χ0) is 21.2. The Labute approximate surface area is 186 Å². The van der Waals surface area contributed by atoms with E-state index >= 15 is 0 Å². The van der Waals surface area contributed by atoms with Crippen LogP contribution < -0.4 is 10.2 Å². The van der Waals surface area contributed by atoms with Crippen LogP contribution in [0.4, 0.5) is 17.6 Å². The first kappa shape index (κ1) is 19.8. The number of para-hydroxylation sites is 1. The number of aromatic nitrogens is 4. The Morgan fingerprint density at radius 1 is 1.03 bits per heavy atom. The zero-order valence-corrected chi connectivity index (χ0v) is 18.3. The van der Waals surface area contributed by atoms with Gasteiger partial charge in [-0.25, -0.2) is 4.98 Å². The number of aryl methyl sites for hydroxylation is 1. The lowest BCUT2D eigenvalue weighted by Crippen LogP contribution is -2.30. The third-order valence-electron chi connectivity index (χ3n) is 5.81. The van der Waals surface area contributed by atoms with E-state index in [1.807, 2.05) is 36.4 Å². The van der Waals surface area contributed by atoms with Crippen LogP contribution in [0.25, 0.3) is 22.2 Å². The molecular weight excluding hydrogens is 408 g/mol. The summed E-state index contributed by atoms with van der Waals surface area (Å²) in [6, 6.07) is 16.2. The lowest BCUT2D eigenvalue weighted by molar-refractivity contribution is 0.573. The summed E-state index contributed by atoms with van der Waals surface area (Å²) in [5.41, 5.74) is 3.90. The smallest absolute Gasteiger partial charge is 0.230 e. The maximum atomic E-state index is 6.64. The van der Waals surface area contributed by atoms with Gasteiger partial charge in [-0.2, -0.15) is 10.1 Å². The summed E-state index contributed by atoms with van der Waals surface area (Å²) in [7, 11) is 0. The van der Waals surface area contributed by atoms with E-state index in [1.165, 1.54) is 24.8 Å². The third kappa shape index (κ3) is 4.08. The molecule has 2 aromatic heterocycles. The van der Waals surface area contributed by atoms with Crippen LogP contribution in [-0.4, -0.2) is 33.3 Å². The molecule has 5 rings (SSSR count). The van der Waals surface area contributed by atoms with Crippen LogP contribution in [0.5, 0.6) is 0 Å². The van der Waals surface area contributed by atoms with Crippen molar-refractivity contribution in [2.75, 3.05) is 23.3 Å². The molecule has 0 amide bonds. The molecule has 1 fully saturated rings. The molecule has 0 spiro atoms. The third-order valence-corrected chi connectivity index (χ3v) is 6.12. The lowest BCUT2D eigenvalue weighted by atomic mass is 10.1. The van der Waals surface area contributed by atoms with Crippen LogP contribution in [0.15, 0.2) is 48.5 Å². The minimum absolute atomic E-state index is 0.519. The van der Waals surface area contributed by atoms with Gasteiger partial charge in [0.25, 0.3) is 0 Å². The van der Waals surface area contributed by atoms with Crippen LogP contribution in [0.3, 0.4) is 0 Å². The van der Waals surface area contributed by atoms with Gasteiger partial charge in [0.2, 0.25) is 5.95 Å². The van der Waals surface area contributed by atoms with Gasteiger partial charge in [-0.1, -0.05) is 42.8 Å². The van der Waals surface area contributed by atoms with Gasteiger partial charge in [-0.15, -0.1) is 0 Å². The Kier molecular flexibility index (Phi) is 5.47. The quantitative estimate of drug-likeness (QED) is 0.406. The molecule has 158 valence electrons. The van der Waals surface area contributed by atoms with Crippen molar-refractivity contribution < 1.29 is 0 Å². The standard InChI is InChI=1S/C24H25ClN6/c1-2-16-10-11-17(19(25)14-16)21-15-22(31-12-6-3-7-13-31)27-24(26-21)28-23-18-8-4-5-9-20(18)29-30-23/h4-5,8-11,14-15H,2-3,6-7,12-13H2,1H3,(H2,26,27,28,29,30). The Balaban J connectivity index is 1.57. The Hall–Kier alpha value is -3.12. The molecule has 1 aliphatic rings. The van der Waals surface area contributed by atoms with Gasteiger partial charge in [0.1, 0.15) is 5.82 Å². The highest BCUT2D eigenvalue weighted by atomic mass is 35.5. The summed E-state index contributed by atoms with van der Waals surface area (Å²) in [5, 5.41) is 12.5. The molecule has 1 saturated heterocycles. The first-order chi connectivity index (χ1) is 15.2. The fraction of sp³-hybridized carbons (Fsp3) is 0.292. The minimum atomic E-state index is 0.519. The SMILES string of the molecule is CCc1ccc(-c2cc(N3CCCCC3)nc(Nc3n[nH]c4ccccc34)n2)c(Cl)c1. The van der Waals surface area contributed by atoms with Crippen molar-refractivity contribution in [1.82, 2.24) is 20.2 Å². The highest BCUT2D eigenvalue weighted by Gasteiger charge is 2.17. The molecule has 2 aromatic carbocycles. The second-order valence-corrected chi connectivity index (χ2v) is 8.30. The van der Waals surface area contributed by atoms with Gasteiger partial charge in [0.15, 0.2) is 5.82 Å². The van der Waals surface area contributed by atoms with Gasteiger partial charge in [0.05, 0.1) is 16.2 Å². The summed E-state index contributed by atoms with van der Waals surface area (Å²) < 4.78 is 0. The first-order valence-electron chi connectivity index (χ1n) is 10.8. The number of H-pyrrole nitrogens is 1. The number of fused-ring (bicyclic) bond motifs is 1. The average Bonchev–Trinajstić information content (AvgIpc) is 3.22. The van der Waals surface area contributed by atoms with Crippen LogP contribution in [-0.2, 0) is 6.42 Å². The summed E-state index contributed by atoms with van der Waals surface area (Å²) in [5.74, 6) is 2.15. The fourth-order valence-electron chi connectivity index (χ4n) is 4.06. The number of anilines is 3. The van der Waals surface area contributed by atoms with Gasteiger partial charge >= 0.3 is 0 Å². The molecule has 0 radical (unpaired) electrons. The molecule has 0 bridgehead atoms. The second-order valence-electron chi connectivity index (χ2n) is 7.89. The highest BCUT2D eigenvalue weighted by molar-refractivity contribution is 6.33. The average molecular weight is 433 g/mol. The van der Waals surface area contributed by atoms with E-state index in [1.54, 1.807) is 0 Å². The van der Waals surface area contributed by atoms with Gasteiger partial charge in [-0.3, -0.25) is 5.10 Å². The normalized spacial score (nSPS) is 14.2. The van der Waals surface area contributed by atoms with E-state index in [4.69, 9.17) is 21.6 Å². The van der Waals surface area contributed by atoms with Crippen molar-refractivity contribution in [3.63, 3.8) is 0 Å². The van der Waals surface area contributed by atoms with E-state index in [-0.39, 0.29) is 0 Å². The van der Waals surface area contributed by atoms with Crippen molar-refractivity contribution in [3.05, 3.63) is 59.1 Å². The number of piperidine rings is 1. The van der Waals surface area contributed by atoms with Crippen LogP contribution in [0.2, 0.25) is 5.02 Å². The van der Waals surface area contributed by atoms with Crippen LogP contribution in [0, 0.1) is 0 Å². The van der Waals surface area contributed by atoms with E-state index in [0.29, 0.717) is 16.8 Å². The summed E-state index contributed by atoms with van der Waals surface area (Å²) in [4.78, 5) is 12.0. The number of nitrogens with one attached hydrogen (secondary N) is 2. The van der Waals surface area contributed by atoms with Crippen molar-refractivity contribution in [3.8, 4) is 11.3 Å². The molecular formula is C24H25ClN6. The van der Waals surface area contributed by atoms with Crippen molar-refractivity contribution in [2.45, 2.75) is 32.6 Å². The number of rotatable bonds is 5. The van der Waals surface area contributed by atoms with Gasteiger partial charge in [-0.05, 0) is 49.4 Å². The Morgan fingerprint density at radius 3 is 2.68 bits per heavy atom. The molecule has 0 unspecified atom stereocenters. The maximum absolute atomic E-state index is 6.64. The second kappa shape index (κ2) is 8.55. The minimum Gasteiger partial charge on any atom is -0.356 e. The molecule has 1 aliphatic heterocycles. The van der Waals surface area contributed by atoms with Crippen molar-refractivity contribution in [1.29, 1.82) is 0 Å². The predicted molar refractivity (Wildman–Crippen MR) is 127 cm³/mol.